The normalized spacial score (nSPS) is 13.5. The van der Waals surface area contributed by atoms with Crippen molar-refractivity contribution in [1.82, 2.24) is 30.9 Å². The van der Waals surface area contributed by atoms with Crippen molar-refractivity contribution in [3.05, 3.63) is 99.6 Å². The first-order chi connectivity index (χ1) is 22.2. The molecule has 13 nitrogen and oxygen atoms in total. The van der Waals surface area contributed by atoms with Crippen molar-refractivity contribution < 1.29 is 29.1 Å². The van der Waals surface area contributed by atoms with Gasteiger partial charge >= 0.3 is 0 Å². The topological polar surface area (TPSA) is 169 Å². The fourth-order valence-electron chi connectivity index (χ4n) is 5.08. The number of aromatic nitrogens is 3. The van der Waals surface area contributed by atoms with Crippen LogP contribution in [-0.2, 0) is 20.8 Å². The van der Waals surface area contributed by atoms with Crippen LogP contribution in [0.3, 0.4) is 0 Å². The second kappa shape index (κ2) is 14.2. The van der Waals surface area contributed by atoms with Crippen LogP contribution in [0, 0.1) is 6.92 Å². The minimum absolute atomic E-state index is 0.0626. The Morgan fingerprint density at radius 3 is 2.48 bits per heavy atom. The summed E-state index contributed by atoms with van der Waals surface area (Å²) in [6, 6.07) is 16.8. The Labute approximate surface area is 269 Å². The quantitative estimate of drug-likeness (QED) is 0.181. The molecule has 1 aromatic heterocycles. The average molecular weight is 646 g/mol. The van der Waals surface area contributed by atoms with E-state index in [9.17, 15) is 19.5 Å². The highest BCUT2D eigenvalue weighted by molar-refractivity contribution is 6.30. The summed E-state index contributed by atoms with van der Waals surface area (Å²) in [5, 5.41) is 24.8. The van der Waals surface area contributed by atoms with Crippen molar-refractivity contribution >= 4 is 35.0 Å². The Balaban J connectivity index is 1.26. The monoisotopic (exact) mass is 645 g/mol. The van der Waals surface area contributed by atoms with Gasteiger partial charge in [0.25, 0.3) is 5.91 Å². The van der Waals surface area contributed by atoms with Crippen LogP contribution in [0.4, 0.5) is 0 Å². The standard InChI is InChI=1S/C32H32ClN7O6/c1-18-37-38-31-25(36-30(20-5-7-21(33)8-6-20)24-15-22(45-2)9-11-26(24)40(18)31)16-28(42)35-17-29(43)34-13-12-19-4-10-23(27(41)14-19)32(44)39-46-3/h4-11,14-15,25,41H,12-13,16-17H2,1-3H3,(H,34,43)(H,35,42)(H,39,44)/t25-/m0/s1. The number of carbonyl (C=O) groups is 3. The van der Waals surface area contributed by atoms with Gasteiger partial charge in [-0.05, 0) is 61.4 Å². The van der Waals surface area contributed by atoms with E-state index in [-0.39, 0.29) is 30.8 Å². The zero-order valence-electron chi connectivity index (χ0n) is 25.3. The highest BCUT2D eigenvalue weighted by atomic mass is 35.5. The van der Waals surface area contributed by atoms with Crippen molar-refractivity contribution in [3.63, 3.8) is 0 Å². The van der Waals surface area contributed by atoms with Crippen LogP contribution in [0.15, 0.2) is 65.7 Å². The number of amides is 3. The highest BCUT2D eigenvalue weighted by Gasteiger charge is 2.30. The van der Waals surface area contributed by atoms with E-state index in [1.54, 1.807) is 25.3 Å². The molecule has 5 rings (SSSR count). The molecule has 2 heterocycles. The van der Waals surface area contributed by atoms with Gasteiger partial charge in [0.15, 0.2) is 5.82 Å². The van der Waals surface area contributed by atoms with Gasteiger partial charge in [0.1, 0.15) is 23.4 Å². The molecular formula is C32H32ClN7O6. The smallest absolute Gasteiger partial charge is 0.278 e. The van der Waals surface area contributed by atoms with Crippen LogP contribution in [0.5, 0.6) is 11.5 Å². The number of aliphatic imine (C=N–C) groups is 1. The molecule has 0 saturated heterocycles. The lowest BCUT2D eigenvalue weighted by atomic mass is 10.00. The number of phenolic OH excluding ortho intramolecular Hbond substituents is 1. The molecule has 1 atom stereocenters. The van der Waals surface area contributed by atoms with E-state index in [0.717, 1.165) is 16.8 Å². The first-order valence-corrected chi connectivity index (χ1v) is 14.7. The Bertz CT molecular complexity index is 1810. The molecule has 0 spiro atoms. The molecule has 3 aromatic carbocycles. The summed E-state index contributed by atoms with van der Waals surface area (Å²) in [4.78, 5) is 47.1. The Morgan fingerprint density at radius 1 is 0.978 bits per heavy atom. The number of rotatable bonds is 11. The number of aryl methyl sites for hydroxylation is 1. The van der Waals surface area contributed by atoms with Gasteiger partial charge in [-0.25, -0.2) is 5.48 Å². The Morgan fingerprint density at radius 2 is 1.76 bits per heavy atom. The van der Waals surface area contributed by atoms with Gasteiger partial charge in [-0.3, -0.25) is 28.8 Å². The van der Waals surface area contributed by atoms with Gasteiger partial charge in [0.05, 0.1) is 44.1 Å². The minimum atomic E-state index is -0.713. The van der Waals surface area contributed by atoms with Crippen molar-refractivity contribution in [2.24, 2.45) is 4.99 Å². The summed E-state index contributed by atoms with van der Waals surface area (Å²) >= 11 is 6.16. The highest BCUT2D eigenvalue weighted by Crippen LogP contribution is 2.34. The molecule has 46 heavy (non-hydrogen) atoms. The number of methoxy groups -OCH3 is 1. The molecule has 14 heteroatoms. The second-order valence-corrected chi connectivity index (χ2v) is 10.8. The maximum atomic E-state index is 13.1. The number of hydroxylamine groups is 1. The van der Waals surface area contributed by atoms with Crippen molar-refractivity contribution in [2.45, 2.75) is 25.8 Å². The zero-order valence-corrected chi connectivity index (χ0v) is 26.1. The lowest BCUT2D eigenvalue weighted by Gasteiger charge is -2.14. The number of hydrogen-bond donors (Lipinski definition) is 4. The third-order valence-electron chi connectivity index (χ3n) is 7.31. The predicted molar refractivity (Wildman–Crippen MR) is 169 cm³/mol. The third-order valence-corrected chi connectivity index (χ3v) is 7.56. The van der Waals surface area contributed by atoms with Gasteiger partial charge in [-0.2, -0.15) is 0 Å². The van der Waals surface area contributed by atoms with E-state index in [2.05, 4.69) is 31.1 Å². The largest absolute Gasteiger partial charge is 0.507 e. The number of phenols is 1. The number of halogens is 1. The molecule has 4 N–H and O–H groups in total. The summed E-state index contributed by atoms with van der Waals surface area (Å²) in [5.74, 6) is 0.175. The maximum Gasteiger partial charge on any atom is 0.278 e. The minimum Gasteiger partial charge on any atom is -0.507 e. The number of benzene rings is 3. The van der Waals surface area contributed by atoms with Gasteiger partial charge in [0.2, 0.25) is 11.8 Å². The molecule has 0 saturated carbocycles. The zero-order chi connectivity index (χ0) is 32.8. The summed E-state index contributed by atoms with van der Waals surface area (Å²) in [6.45, 7) is 1.83. The number of aromatic hydroxyl groups is 1. The average Bonchev–Trinajstić information content (AvgIpc) is 3.37. The van der Waals surface area contributed by atoms with E-state index >= 15 is 0 Å². The van der Waals surface area contributed by atoms with Crippen LogP contribution in [0.2, 0.25) is 5.02 Å². The molecule has 0 unspecified atom stereocenters. The summed E-state index contributed by atoms with van der Waals surface area (Å²) in [7, 11) is 2.88. The van der Waals surface area contributed by atoms with Gasteiger partial charge in [-0.15, -0.1) is 10.2 Å². The van der Waals surface area contributed by atoms with E-state index in [1.807, 2.05) is 41.8 Å². The van der Waals surface area contributed by atoms with Crippen LogP contribution in [0.1, 0.15) is 51.2 Å². The fourth-order valence-corrected chi connectivity index (χ4v) is 5.21. The summed E-state index contributed by atoms with van der Waals surface area (Å²) in [6.07, 6.45) is 0.305. The second-order valence-electron chi connectivity index (χ2n) is 10.4. The molecule has 0 fully saturated rings. The van der Waals surface area contributed by atoms with Gasteiger partial charge in [-0.1, -0.05) is 29.8 Å². The molecule has 1 aliphatic heterocycles. The molecule has 238 valence electrons. The van der Waals surface area contributed by atoms with Crippen LogP contribution in [0.25, 0.3) is 5.69 Å². The summed E-state index contributed by atoms with van der Waals surface area (Å²) < 4.78 is 7.38. The van der Waals surface area contributed by atoms with E-state index in [4.69, 9.17) is 21.3 Å². The Hall–Kier alpha value is -5.27. The van der Waals surface area contributed by atoms with E-state index < -0.39 is 23.8 Å². The summed E-state index contributed by atoms with van der Waals surface area (Å²) in [5.41, 5.74) is 5.89. The number of nitrogens with one attached hydrogen (secondary N) is 3. The number of ether oxygens (including phenoxy) is 1. The number of carbonyl (C=O) groups excluding carboxylic acids is 3. The molecule has 0 radical (unpaired) electrons. The van der Waals surface area contributed by atoms with Crippen LogP contribution < -0.4 is 20.9 Å². The molecule has 4 aromatic rings. The number of hydrogen-bond acceptors (Lipinski definition) is 9. The predicted octanol–water partition coefficient (Wildman–Crippen LogP) is 2.99. The fraction of sp³-hybridized carbons (Fsp3) is 0.250. The first-order valence-electron chi connectivity index (χ1n) is 14.3. The first kappa shape index (κ1) is 32.1. The SMILES string of the molecule is CONC(=O)c1ccc(CCNC(=O)CNC(=O)C[C@@H]2N=C(c3ccc(Cl)cc3)c3cc(OC)ccc3-n3c(C)nnc32)cc1O. The molecule has 0 bridgehead atoms. The molecular weight excluding hydrogens is 614 g/mol. The van der Waals surface area contributed by atoms with E-state index in [1.165, 1.54) is 19.2 Å². The molecule has 3 amide bonds. The third kappa shape index (κ3) is 7.16. The van der Waals surface area contributed by atoms with Crippen LogP contribution >= 0.6 is 11.6 Å². The lowest BCUT2D eigenvalue weighted by molar-refractivity contribution is -0.126. The number of nitrogens with zero attached hydrogens (tertiary/aromatic N) is 4. The van der Waals surface area contributed by atoms with Gasteiger partial charge < -0.3 is 20.5 Å². The van der Waals surface area contributed by atoms with Crippen molar-refractivity contribution in [2.75, 3.05) is 27.3 Å². The van der Waals surface area contributed by atoms with Crippen LogP contribution in [-0.4, -0.2) is 70.6 Å². The Kier molecular flexibility index (Phi) is 9.94. The van der Waals surface area contributed by atoms with Crippen molar-refractivity contribution in [1.29, 1.82) is 0 Å². The van der Waals surface area contributed by atoms with Crippen molar-refractivity contribution in [3.8, 4) is 17.2 Å². The number of fused-ring (bicyclic) bond motifs is 3. The molecule has 0 aliphatic carbocycles. The maximum absolute atomic E-state index is 13.1. The lowest BCUT2D eigenvalue weighted by Crippen LogP contribution is -2.38. The van der Waals surface area contributed by atoms with E-state index in [0.29, 0.717) is 40.1 Å². The molecule has 1 aliphatic rings. The van der Waals surface area contributed by atoms with Gasteiger partial charge in [0, 0.05) is 22.7 Å².